The topological polar surface area (TPSA) is 244 Å². The number of carboxylic acids is 1. The molecule has 2 heterocycles. The first-order valence-corrected chi connectivity index (χ1v) is 35.0. The fourth-order valence-corrected chi connectivity index (χ4v) is 10.9. The molecule has 0 radical (unpaired) electrons. The molecule has 5 aromatic rings. The summed E-state index contributed by atoms with van der Waals surface area (Å²) < 4.78 is 21.0. The molecule has 6 N–H and O–H groups in total. The van der Waals surface area contributed by atoms with Crippen LogP contribution in [0.4, 0.5) is 0 Å². The van der Waals surface area contributed by atoms with Crippen molar-refractivity contribution in [1.29, 1.82) is 0 Å². The molecule has 0 saturated carbocycles. The van der Waals surface area contributed by atoms with E-state index in [0.717, 1.165) is 78.3 Å². The summed E-state index contributed by atoms with van der Waals surface area (Å²) >= 11 is 14.4. The second kappa shape index (κ2) is 45.1. The van der Waals surface area contributed by atoms with Crippen molar-refractivity contribution >= 4 is 105 Å². The van der Waals surface area contributed by atoms with Crippen molar-refractivity contribution in [3.63, 3.8) is 0 Å². The molecule has 0 bridgehead atoms. The van der Waals surface area contributed by atoms with E-state index in [2.05, 4.69) is 77.0 Å². The van der Waals surface area contributed by atoms with Crippen LogP contribution >= 0.6 is 75.6 Å². The van der Waals surface area contributed by atoms with E-state index in [1.807, 2.05) is 79.3 Å². The number of Topliss-reactive ketones (excluding diaryl/α,β-unsaturated/α-hetero) is 2. The number of aromatic carboxylic acids is 1. The van der Waals surface area contributed by atoms with Crippen molar-refractivity contribution in [2.45, 2.75) is 169 Å². The number of benzene rings is 5. The highest BCUT2D eigenvalue weighted by atomic mass is 79.9. The van der Waals surface area contributed by atoms with Crippen LogP contribution in [0.1, 0.15) is 153 Å². The zero-order valence-corrected chi connectivity index (χ0v) is 57.9. The Hall–Kier alpha value is -4.20. The summed E-state index contributed by atoms with van der Waals surface area (Å²) in [7, 11) is 0. The normalized spacial score (nSPS) is 20.8. The van der Waals surface area contributed by atoms with Crippen molar-refractivity contribution in [3.8, 4) is 0 Å². The molecular weight excluding hydrogens is 1280 g/mol. The monoisotopic (exact) mass is 1370 g/mol. The number of rotatable bonds is 22. The molecule has 486 valence electrons. The number of halogens is 1. The molecule has 7 rings (SSSR count). The van der Waals surface area contributed by atoms with E-state index in [0.29, 0.717) is 22.6 Å². The number of carbonyl (C=O) groups is 5. The molecule has 15 nitrogen and oxygen atoms in total. The van der Waals surface area contributed by atoms with Gasteiger partial charge in [0.25, 0.3) is 0 Å². The molecule has 4 unspecified atom stereocenters. The van der Waals surface area contributed by atoms with Gasteiger partial charge in [0, 0.05) is 46.9 Å². The Morgan fingerprint density at radius 2 is 0.761 bits per heavy atom. The first kappa shape index (κ1) is 79.9. The van der Waals surface area contributed by atoms with Gasteiger partial charge in [-0.1, -0.05) is 95.6 Å². The summed E-state index contributed by atoms with van der Waals surface area (Å²) in [6.45, 7) is 19.8. The van der Waals surface area contributed by atoms with E-state index >= 15 is 0 Å². The SMILES string of the molecule is CC(=O)c1ccc(S)cc1.CCCBr.CCCSc1ccc(C(=O)O)cc1.CCCSc1ccc(C(=O)OCC2O[C@H](O)C(C)[C@@H](C)[C@@H]2C)cc1.CCCSc1ccc(C(=O)OCC2O[C@H](O)C(O)[C@@H](O)[C@@H]2O)cc1.CCCSc1ccc(C(C)=O)cc1. The van der Waals surface area contributed by atoms with Gasteiger partial charge in [0.05, 0.1) is 22.8 Å². The maximum atomic E-state index is 12.2. The van der Waals surface area contributed by atoms with Crippen LogP contribution in [0.15, 0.2) is 146 Å². The maximum absolute atomic E-state index is 12.2. The summed E-state index contributed by atoms with van der Waals surface area (Å²) in [4.78, 5) is 61.9. The van der Waals surface area contributed by atoms with Crippen molar-refractivity contribution in [3.05, 3.63) is 149 Å². The van der Waals surface area contributed by atoms with Crippen LogP contribution in [0.2, 0.25) is 0 Å². The average molecular weight is 1380 g/mol. The fourth-order valence-electron chi connectivity index (χ4n) is 7.68. The van der Waals surface area contributed by atoms with Gasteiger partial charge in [-0.05, 0) is 178 Å². The lowest BCUT2D eigenvalue weighted by Crippen LogP contribution is -2.58. The Bertz CT molecular complexity index is 2600. The van der Waals surface area contributed by atoms with Crippen LogP contribution in [0.3, 0.4) is 0 Å². The summed E-state index contributed by atoms with van der Waals surface area (Å²) in [6, 6.07) is 36.4. The average Bonchev–Trinajstić information content (AvgIpc) is 3.73. The molecule has 5 aromatic carbocycles. The molecule has 0 spiro atoms. The largest absolute Gasteiger partial charge is 0.478 e. The van der Waals surface area contributed by atoms with Crippen LogP contribution in [-0.4, -0.2) is 145 Å². The van der Waals surface area contributed by atoms with Gasteiger partial charge in [0.2, 0.25) is 0 Å². The molecule has 88 heavy (non-hydrogen) atoms. The minimum atomic E-state index is -1.65. The number of carboxylic acid groups (broad SMARTS) is 1. The van der Waals surface area contributed by atoms with Gasteiger partial charge in [0.15, 0.2) is 24.1 Å². The van der Waals surface area contributed by atoms with Gasteiger partial charge in [0.1, 0.15) is 37.6 Å². The van der Waals surface area contributed by atoms with E-state index in [1.54, 1.807) is 110 Å². The van der Waals surface area contributed by atoms with Crippen molar-refractivity contribution in [2.75, 3.05) is 41.6 Å². The number of thiol groups is 1. The Kier molecular flexibility index (Phi) is 41.0. The summed E-state index contributed by atoms with van der Waals surface area (Å²) in [5.41, 5.74) is 2.77. The Labute approximate surface area is 552 Å². The maximum Gasteiger partial charge on any atom is 0.338 e. The predicted octanol–water partition coefficient (Wildman–Crippen LogP) is 14.4. The summed E-state index contributed by atoms with van der Waals surface area (Å²) in [6.07, 6.45) is -2.77. The highest BCUT2D eigenvalue weighted by Gasteiger charge is 2.43. The van der Waals surface area contributed by atoms with E-state index < -0.39 is 48.9 Å². The van der Waals surface area contributed by atoms with Crippen LogP contribution < -0.4 is 0 Å². The third-order valence-corrected chi connectivity index (χ3v) is 19.3. The number of ketones is 2. The molecule has 2 fully saturated rings. The predicted molar refractivity (Wildman–Crippen MR) is 362 cm³/mol. The second-order valence-corrected chi connectivity index (χ2v) is 26.5. The number of thioether (sulfide) groups is 4. The standard InChI is InChI=1S/C19H28O4S.C16H22O7S.C11H14OS.C10H12O2S.C8H8OS.C3H7Br/c1-5-10-24-16-8-6-15(7-9-16)19(21)22-11-17-13(3)12(2)14(4)18(20)23-17;1-2-7-24-10-5-3-9(4-6-10)15(20)22-8-11-12(17)13(18)14(19)16(21)23-11;1-3-8-13-11-6-4-10(5-7-11)9(2)12;1-2-7-13-9-5-3-8(4-6-9)10(11)12;1-6(9)7-2-4-8(10)5-3-7;1-2-3-4/h6-9,12-14,17-18,20H,5,10-11H2,1-4H3;3-6,11-14,16-19,21H,2,7-8H2,1H3;4-7H,3,8H2,1-2H3;3-6H,2,7H2,1H3,(H,11,12);2-5,10H,1H3;2-3H2,1H3/t12-,13-,14?,17?,18-;11?,12-,13+,14?,16+;;;;/m01..../s1. The number of esters is 2. The lowest BCUT2D eigenvalue weighted by atomic mass is 9.79. The minimum absolute atomic E-state index is 0.0834. The number of carbonyl (C=O) groups excluding carboxylic acids is 4. The zero-order chi connectivity index (χ0) is 65.7. The third-order valence-electron chi connectivity index (χ3n) is 13.4. The fraction of sp³-hybridized carbons (Fsp3) is 0.478. The molecular formula is C67H91BrO15S5. The van der Waals surface area contributed by atoms with Gasteiger partial charge < -0.3 is 49.6 Å². The van der Waals surface area contributed by atoms with Crippen LogP contribution in [0, 0.1) is 17.8 Å². The number of hydrogen-bond acceptors (Lipinski definition) is 19. The highest BCUT2D eigenvalue weighted by Crippen LogP contribution is 2.34. The minimum Gasteiger partial charge on any atom is -0.478 e. The van der Waals surface area contributed by atoms with E-state index in [4.69, 9.17) is 24.1 Å². The van der Waals surface area contributed by atoms with Crippen molar-refractivity contribution < 1.29 is 73.6 Å². The van der Waals surface area contributed by atoms with E-state index in [1.165, 1.54) is 17.7 Å². The molecule has 0 amide bonds. The van der Waals surface area contributed by atoms with Crippen LogP contribution in [0.5, 0.6) is 0 Å². The zero-order valence-electron chi connectivity index (χ0n) is 52.1. The first-order chi connectivity index (χ1) is 42.0. The number of hydrogen-bond donors (Lipinski definition) is 7. The van der Waals surface area contributed by atoms with Crippen LogP contribution in [0.25, 0.3) is 0 Å². The van der Waals surface area contributed by atoms with E-state index in [-0.39, 0.29) is 48.7 Å². The highest BCUT2D eigenvalue weighted by molar-refractivity contribution is 9.09. The van der Waals surface area contributed by atoms with Gasteiger partial charge in [-0.3, -0.25) is 9.59 Å². The van der Waals surface area contributed by atoms with Gasteiger partial charge in [-0.2, -0.15) is 0 Å². The molecule has 0 aliphatic carbocycles. The quantitative estimate of drug-likeness (QED) is 0.0112. The Balaban J connectivity index is 0.000000383. The molecule has 0 aromatic heterocycles. The van der Waals surface area contributed by atoms with Crippen LogP contribution in [-0.2, 0) is 18.9 Å². The number of ether oxygens (including phenoxy) is 4. The number of alkyl halides is 1. The third kappa shape index (κ3) is 30.3. The summed E-state index contributed by atoms with van der Waals surface area (Å²) in [5, 5.41) is 57.9. The first-order valence-electron chi connectivity index (χ1n) is 29.5. The van der Waals surface area contributed by atoms with Crippen molar-refractivity contribution in [2.24, 2.45) is 17.8 Å². The number of aliphatic hydroxyl groups is 5. The molecule has 10 atom stereocenters. The van der Waals surface area contributed by atoms with Gasteiger partial charge in [-0.15, -0.1) is 59.7 Å². The summed E-state index contributed by atoms with van der Waals surface area (Å²) in [5.74, 6) is 3.30. The molecule has 2 aliphatic heterocycles. The molecule has 21 heteroatoms. The molecule has 2 aliphatic rings. The smallest absolute Gasteiger partial charge is 0.338 e. The number of aliphatic hydroxyl groups excluding tert-OH is 5. The van der Waals surface area contributed by atoms with Crippen molar-refractivity contribution in [1.82, 2.24) is 0 Å². The van der Waals surface area contributed by atoms with E-state index in [9.17, 15) is 49.5 Å². The molecule has 2 saturated heterocycles. The Morgan fingerprint density at radius 1 is 0.443 bits per heavy atom. The van der Waals surface area contributed by atoms with Gasteiger partial charge >= 0.3 is 17.9 Å². The second-order valence-electron chi connectivity index (χ2n) is 20.5. The Morgan fingerprint density at radius 3 is 1.09 bits per heavy atom. The van der Waals surface area contributed by atoms with Gasteiger partial charge in [-0.25, -0.2) is 14.4 Å². The lowest BCUT2D eigenvalue weighted by molar-refractivity contribution is -0.286. The lowest BCUT2D eigenvalue weighted by Gasteiger charge is -2.41.